The minimum atomic E-state index is -0.985. The topological polar surface area (TPSA) is 54.6 Å². The maximum Gasteiger partial charge on any atom is 0.355 e. The molecule has 0 bridgehead atoms. The summed E-state index contributed by atoms with van der Waals surface area (Å²) in [5.74, 6) is -0.985. The number of rotatable bonds is 2. The number of aromatic carboxylic acids is 1. The van der Waals surface area contributed by atoms with Crippen LogP contribution < -0.4 is 0 Å². The number of fused-ring (bicyclic) bond motifs is 1. The molecule has 0 atom stereocenters. The number of aryl methyl sites for hydroxylation is 1. The van der Waals surface area contributed by atoms with Crippen molar-refractivity contribution in [2.45, 2.75) is 6.92 Å². The van der Waals surface area contributed by atoms with Crippen LogP contribution >= 0.6 is 15.9 Å². The second-order valence-electron chi connectivity index (χ2n) is 4.51. The van der Waals surface area contributed by atoms with Crippen LogP contribution in [0.1, 0.15) is 16.1 Å². The molecule has 1 N–H and O–H groups in total. The minimum absolute atomic E-state index is 0.186. The van der Waals surface area contributed by atoms with E-state index < -0.39 is 5.97 Å². The number of halogens is 1. The predicted octanol–water partition coefficient (Wildman–Crippen LogP) is 3.77. The van der Waals surface area contributed by atoms with Crippen LogP contribution in [0.5, 0.6) is 0 Å². The number of pyridine rings is 1. The van der Waals surface area contributed by atoms with Crippen molar-refractivity contribution in [1.82, 2.24) is 9.38 Å². The van der Waals surface area contributed by atoms with Gasteiger partial charge in [-0.05, 0) is 30.7 Å². The number of benzene rings is 1. The lowest BCUT2D eigenvalue weighted by Crippen LogP contribution is -2.03. The van der Waals surface area contributed by atoms with Crippen LogP contribution in [0.3, 0.4) is 0 Å². The number of carboxylic acids is 1. The zero-order chi connectivity index (χ0) is 14.3. The second kappa shape index (κ2) is 4.76. The van der Waals surface area contributed by atoms with Crippen molar-refractivity contribution >= 4 is 27.5 Å². The average molecular weight is 331 g/mol. The molecule has 1 aromatic carbocycles. The summed E-state index contributed by atoms with van der Waals surface area (Å²) in [5, 5.41) is 9.49. The van der Waals surface area contributed by atoms with Crippen molar-refractivity contribution in [2.75, 3.05) is 0 Å². The van der Waals surface area contributed by atoms with E-state index in [2.05, 4.69) is 20.9 Å². The lowest BCUT2D eigenvalue weighted by atomic mass is 10.1. The van der Waals surface area contributed by atoms with Crippen molar-refractivity contribution < 1.29 is 9.90 Å². The van der Waals surface area contributed by atoms with Gasteiger partial charge >= 0.3 is 5.97 Å². The summed E-state index contributed by atoms with van der Waals surface area (Å²) in [6.45, 7) is 1.92. The summed E-state index contributed by atoms with van der Waals surface area (Å²) in [5.41, 5.74) is 3.07. The van der Waals surface area contributed by atoms with Gasteiger partial charge in [-0.1, -0.05) is 34.1 Å². The van der Waals surface area contributed by atoms with Crippen molar-refractivity contribution in [3.05, 3.63) is 58.3 Å². The van der Waals surface area contributed by atoms with Crippen LogP contribution in [0.15, 0.2) is 47.1 Å². The molecule has 0 saturated carbocycles. The molecule has 3 rings (SSSR count). The highest BCUT2D eigenvalue weighted by Crippen LogP contribution is 2.27. The van der Waals surface area contributed by atoms with E-state index in [4.69, 9.17) is 0 Å². The van der Waals surface area contributed by atoms with E-state index in [9.17, 15) is 9.90 Å². The number of imidazole rings is 1. The van der Waals surface area contributed by atoms with Crippen LogP contribution in [0, 0.1) is 6.92 Å². The van der Waals surface area contributed by atoms with Gasteiger partial charge in [0.05, 0.1) is 0 Å². The van der Waals surface area contributed by atoms with E-state index in [0.717, 1.165) is 15.6 Å². The van der Waals surface area contributed by atoms with Crippen molar-refractivity contribution in [1.29, 1.82) is 0 Å². The molecule has 20 heavy (non-hydrogen) atoms. The Bertz CT molecular complexity index is 807. The summed E-state index contributed by atoms with van der Waals surface area (Å²) in [6, 6.07) is 11.2. The molecule has 0 radical (unpaired) electrons. The Morgan fingerprint density at radius 3 is 2.60 bits per heavy atom. The molecule has 0 aliphatic carbocycles. The fourth-order valence-electron chi connectivity index (χ4n) is 2.22. The molecule has 0 unspecified atom stereocenters. The lowest BCUT2D eigenvalue weighted by Gasteiger charge is -2.01. The fraction of sp³-hybridized carbons (Fsp3) is 0.0667. The van der Waals surface area contributed by atoms with Gasteiger partial charge in [0, 0.05) is 16.2 Å². The molecular formula is C15H11BrN2O2. The van der Waals surface area contributed by atoms with E-state index in [0.29, 0.717) is 11.3 Å². The van der Waals surface area contributed by atoms with Gasteiger partial charge < -0.3 is 5.11 Å². The Kier molecular flexibility index (Phi) is 3.06. The van der Waals surface area contributed by atoms with Crippen molar-refractivity contribution in [3.8, 4) is 11.3 Å². The first-order chi connectivity index (χ1) is 9.58. The number of nitrogens with zero attached hydrogens (tertiary/aromatic N) is 2. The van der Waals surface area contributed by atoms with Gasteiger partial charge in [0.25, 0.3) is 0 Å². The van der Waals surface area contributed by atoms with Gasteiger partial charge in [-0.25, -0.2) is 9.78 Å². The number of carboxylic acid groups (broad SMARTS) is 1. The zero-order valence-electron chi connectivity index (χ0n) is 10.7. The molecule has 3 aromatic rings. The maximum absolute atomic E-state index is 11.6. The molecule has 0 amide bonds. The first-order valence-corrected chi connectivity index (χ1v) is 6.84. The molecule has 0 fully saturated rings. The molecule has 2 heterocycles. The van der Waals surface area contributed by atoms with Crippen molar-refractivity contribution in [3.63, 3.8) is 0 Å². The molecule has 0 spiro atoms. The molecule has 0 aliphatic rings. The van der Waals surface area contributed by atoms with Crippen LogP contribution in [0.25, 0.3) is 16.9 Å². The van der Waals surface area contributed by atoms with Gasteiger partial charge in [0.15, 0.2) is 5.69 Å². The predicted molar refractivity (Wildman–Crippen MR) is 80.0 cm³/mol. The molecule has 0 saturated heterocycles. The number of hydrogen-bond donors (Lipinski definition) is 1. The second-order valence-corrected chi connectivity index (χ2v) is 5.42. The summed E-state index contributed by atoms with van der Waals surface area (Å²) in [6.07, 6.45) is 1.72. The third-order valence-corrected chi connectivity index (χ3v) is 3.69. The third-order valence-electron chi connectivity index (χ3n) is 3.17. The Balaban J connectivity index is 2.35. The quantitative estimate of drug-likeness (QED) is 0.778. The summed E-state index contributed by atoms with van der Waals surface area (Å²) in [7, 11) is 0. The zero-order valence-corrected chi connectivity index (χ0v) is 12.3. The molecule has 2 aromatic heterocycles. The normalized spacial score (nSPS) is 10.9. The Morgan fingerprint density at radius 1 is 1.25 bits per heavy atom. The molecule has 5 heteroatoms. The Morgan fingerprint density at radius 2 is 1.95 bits per heavy atom. The molecule has 0 aliphatic heterocycles. The van der Waals surface area contributed by atoms with Gasteiger partial charge in [0.1, 0.15) is 11.3 Å². The standard InChI is InChI=1S/C15H11BrN2O2/c1-9-3-2-8-18-13(15(19)20)12(17-14(9)18)10-4-6-11(16)7-5-10/h2-8H,1H3,(H,19,20). The Labute approximate surface area is 123 Å². The highest BCUT2D eigenvalue weighted by molar-refractivity contribution is 9.10. The smallest absolute Gasteiger partial charge is 0.355 e. The summed E-state index contributed by atoms with van der Waals surface area (Å²) in [4.78, 5) is 16.1. The van der Waals surface area contributed by atoms with E-state index >= 15 is 0 Å². The number of aromatic nitrogens is 2. The van der Waals surface area contributed by atoms with E-state index in [-0.39, 0.29) is 5.69 Å². The minimum Gasteiger partial charge on any atom is -0.476 e. The Hall–Kier alpha value is -2.14. The fourth-order valence-corrected chi connectivity index (χ4v) is 2.48. The van der Waals surface area contributed by atoms with Gasteiger partial charge in [0.2, 0.25) is 0 Å². The molecular weight excluding hydrogens is 320 g/mol. The van der Waals surface area contributed by atoms with Crippen LogP contribution in [-0.4, -0.2) is 20.5 Å². The van der Waals surface area contributed by atoms with Crippen LogP contribution in [-0.2, 0) is 0 Å². The number of hydrogen-bond acceptors (Lipinski definition) is 2. The third kappa shape index (κ3) is 2.00. The maximum atomic E-state index is 11.6. The highest BCUT2D eigenvalue weighted by Gasteiger charge is 2.20. The first-order valence-electron chi connectivity index (χ1n) is 6.05. The van der Waals surface area contributed by atoms with Crippen molar-refractivity contribution in [2.24, 2.45) is 0 Å². The van der Waals surface area contributed by atoms with E-state index in [1.54, 1.807) is 10.6 Å². The van der Waals surface area contributed by atoms with Gasteiger partial charge in [-0.15, -0.1) is 0 Å². The SMILES string of the molecule is Cc1cccn2c(C(=O)O)c(-c3ccc(Br)cc3)nc12. The largest absolute Gasteiger partial charge is 0.476 e. The lowest BCUT2D eigenvalue weighted by molar-refractivity contribution is 0.0690. The van der Waals surface area contributed by atoms with Crippen LogP contribution in [0.4, 0.5) is 0 Å². The monoisotopic (exact) mass is 330 g/mol. The molecule has 100 valence electrons. The van der Waals surface area contributed by atoms with Gasteiger partial charge in [-0.3, -0.25) is 4.40 Å². The number of carbonyl (C=O) groups is 1. The summed E-state index contributed by atoms with van der Waals surface area (Å²) >= 11 is 3.37. The van der Waals surface area contributed by atoms with Crippen LogP contribution in [0.2, 0.25) is 0 Å². The summed E-state index contributed by atoms with van der Waals surface area (Å²) < 4.78 is 2.56. The highest BCUT2D eigenvalue weighted by atomic mass is 79.9. The van der Waals surface area contributed by atoms with E-state index in [1.165, 1.54) is 0 Å². The first kappa shape index (κ1) is 12.9. The average Bonchev–Trinajstić information content (AvgIpc) is 2.80. The van der Waals surface area contributed by atoms with Gasteiger partial charge in [-0.2, -0.15) is 0 Å². The van der Waals surface area contributed by atoms with E-state index in [1.807, 2.05) is 43.3 Å². The molecule has 4 nitrogen and oxygen atoms in total.